The molecule has 0 aromatic carbocycles. The van der Waals surface area contributed by atoms with E-state index >= 15 is 0 Å². The highest BCUT2D eigenvalue weighted by atomic mass is 16.3. The molecule has 1 saturated carbocycles. The third-order valence-electron chi connectivity index (χ3n) is 3.50. The van der Waals surface area contributed by atoms with Crippen molar-refractivity contribution in [1.82, 2.24) is 14.9 Å². The fourth-order valence-electron chi connectivity index (χ4n) is 2.37. The molecule has 1 fully saturated rings. The van der Waals surface area contributed by atoms with Gasteiger partial charge >= 0.3 is 0 Å². The number of aliphatic hydroxyl groups excluding tert-OH is 1. The summed E-state index contributed by atoms with van der Waals surface area (Å²) in [6.07, 6.45) is 8.15. The maximum absolute atomic E-state index is 9.82. The van der Waals surface area contributed by atoms with Crippen LogP contribution in [0.3, 0.4) is 0 Å². The minimum Gasteiger partial charge on any atom is -0.393 e. The van der Waals surface area contributed by atoms with Gasteiger partial charge in [-0.3, -0.25) is 0 Å². The number of aryl methyl sites for hydroxylation is 1. The summed E-state index contributed by atoms with van der Waals surface area (Å²) < 4.78 is 2.02. The van der Waals surface area contributed by atoms with E-state index in [1.165, 1.54) is 18.5 Å². The predicted molar refractivity (Wildman–Crippen MR) is 62.9 cm³/mol. The quantitative estimate of drug-likeness (QED) is 0.802. The smallest absolute Gasteiger partial charge is 0.0945 e. The van der Waals surface area contributed by atoms with Gasteiger partial charge in [0.15, 0.2) is 0 Å². The Hall–Kier alpha value is -0.870. The van der Waals surface area contributed by atoms with Crippen LogP contribution in [0.5, 0.6) is 0 Å². The monoisotopic (exact) mass is 223 g/mol. The SMILES string of the molecule is Cn1cncc1CNCC1CCCCC1O. The highest BCUT2D eigenvalue weighted by molar-refractivity contribution is 4.96. The molecule has 90 valence electrons. The number of rotatable bonds is 4. The molecule has 1 aromatic rings. The van der Waals surface area contributed by atoms with Gasteiger partial charge in [-0.15, -0.1) is 0 Å². The summed E-state index contributed by atoms with van der Waals surface area (Å²) in [4.78, 5) is 4.08. The van der Waals surface area contributed by atoms with Crippen LogP contribution in [0.2, 0.25) is 0 Å². The Labute approximate surface area is 96.7 Å². The Morgan fingerprint density at radius 3 is 3.00 bits per heavy atom. The highest BCUT2D eigenvalue weighted by Gasteiger charge is 2.22. The van der Waals surface area contributed by atoms with Gasteiger partial charge in [0, 0.05) is 26.3 Å². The summed E-state index contributed by atoms with van der Waals surface area (Å²) in [5.41, 5.74) is 1.19. The standard InChI is InChI=1S/C12H21N3O/c1-15-9-14-8-11(15)7-13-6-10-4-2-3-5-12(10)16/h8-10,12-13,16H,2-7H2,1H3. The molecule has 16 heavy (non-hydrogen) atoms. The van der Waals surface area contributed by atoms with Crippen molar-refractivity contribution in [2.24, 2.45) is 13.0 Å². The Kier molecular flexibility index (Phi) is 3.96. The Morgan fingerprint density at radius 2 is 2.31 bits per heavy atom. The fourth-order valence-corrected chi connectivity index (χ4v) is 2.37. The van der Waals surface area contributed by atoms with E-state index in [0.717, 1.165) is 25.9 Å². The molecule has 2 N–H and O–H groups in total. The van der Waals surface area contributed by atoms with Crippen molar-refractivity contribution < 1.29 is 5.11 Å². The van der Waals surface area contributed by atoms with Crippen LogP contribution in [0.1, 0.15) is 31.4 Å². The molecule has 0 aliphatic heterocycles. The molecule has 0 radical (unpaired) electrons. The lowest BCUT2D eigenvalue weighted by Crippen LogP contribution is -2.33. The second-order valence-electron chi connectivity index (χ2n) is 4.74. The van der Waals surface area contributed by atoms with Gasteiger partial charge in [-0.1, -0.05) is 12.8 Å². The van der Waals surface area contributed by atoms with Crippen molar-refractivity contribution in [3.05, 3.63) is 18.2 Å². The molecule has 1 aliphatic carbocycles. The maximum Gasteiger partial charge on any atom is 0.0945 e. The van der Waals surface area contributed by atoms with E-state index < -0.39 is 0 Å². The second kappa shape index (κ2) is 5.46. The van der Waals surface area contributed by atoms with Crippen LogP contribution in [-0.2, 0) is 13.6 Å². The molecule has 1 aliphatic rings. The third-order valence-corrected chi connectivity index (χ3v) is 3.50. The molecule has 2 unspecified atom stereocenters. The minimum absolute atomic E-state index is 0.104. The molecule has 0 spiro atoms. The average Bonchev–Trinajstić information content (AvgIpc) is 2.67. The number of aromatic nitrogens is 2. The molecule has 1 heterocycles. The van der Waals surface area contributed by atoms with Crippen LogP contribution in [0.15, 0.2) is 12.5 Å². The summed E-state index contributed by atoms with van der Waals surface area (Å²) in [7, 11) is 2.00. The lowest BCUT2D eigenvalue weighted by molar-refractivity contribution is 0.0694. The van der Waals surface area contributed by atoms with E-state index in [0.29, 0.717) is 5.92 Å². The first kappa shape index (κ1) is 11.6. The third kappa shape index (κ3) is 2.83. The zero-order valence-electron chi connectivity index (χ0n) is 9.89. The van der Waals surface area contributed by atoms with Crippen molar-refractivity contribution in [1.29, 1.82) is 0 Å². The van der Waals surface area contributed by atoms with Crippen molar-refractivity contribution >= 4 is 0 Å². The van der Waals surface area contributed by atoms with Crippen molar-refractivity contribution in [2.45, 2.75) is 38.3 Å². The summed E-state index contributed by atoms with van der Waals surface area (Å²) in [6.45, 7) is 1.74. The maximum atomic E-state index is 9.82. The molecule has 2 atom stereocenters. The second-order valence-corrected chi connectivity index (χ2v) is 4.74. The number of imidazole rings is 1. The van der Waals surface area contributed by atoms with E-state index in [2.05, 4.69) is 10.3 Å². The fraction of sp³-hybridized carbons (Fsp3) is 0.750. The zero-order valence-corrected chi connectivity index (χ0v) is 9.89. The van der Waals surface area contributed by atoms with Gasteiger partial charge < -0.3 is 15.0 Å². The van der Waals surface area contributed by atoms with Crippen LogP contribution >= 0.6 is 0 Å². The summed E-state index contributed by atoms with van der Waals surface area (Å²) in [6, 6.07) is 0. The van der Waals surface area contributed by atoms with E-state index in [9.17, 15) is 5.11 Å². The number of aliphatic hydroxyl groups is 1. The Bertz CT molecular complexity index is 324. The summed E-state index contributed by atoms with van der Waals surface area (Å²) in [5, 5.41) is 13.2. The molecular weight excluding hydrogens is 202 g/mol. The first-order valence-corrected chi connectivity index (χ1v) is 6.11. The Balaban J connectivity index is 1.73. The molecule has 0 amide bonds. The normalized spacial score (nSPS) is 25.9. The number of nitrogens with one attached hydrogen (secondary N) is 1. The van der Waals surface area contributed by atoms with Crippen molar-refractivity contribution in [3.63, 3.8) is 0 Å². The van der Waals surface area contributed by atoms with E-state index in [4.69, 9.17) is 0 Å². The van der Waals surface area contributed by atoms with Gasteiger partial charge in [0.05, 0.1) is 18.1 Å². The molecule has 0 bridgehead atoms. The summed E-state index contributed by atoms with van der Waals surface area (Å²) in [5.74, 6) is 0.432. The predicted octanol–water partition coefficient (Wildman–Crippen LogP) is 1.06. The van der Waals surface area contributed by atoms with Crippen LogP contribution in [0.4, 0.5) is 0 Å². The van der Waals surface area contributed by atoms with Crippen molar-refractivity contribution in [2.75, 3.05) is 6.54 Å². The first-order chi connectivity index (χ1) is 7.77. The van der Waals surface area contributed by atoms with Crippen LogP contribution in [0, 0.1) is 5.92 Å². The van der Waals surface area contributed by atoms with Gasteiger partial charge in [0.2, 0.25) is 0 Å². The lowest BCUT2D eigenvalue weighted by atomic mass is 9.86. The molecule has 4 nitrogen and oxygen atoms in total. The average molecular weight is 223 g/mol. The Morgan fingerprint density at radius 1 is 1.50 bits per heavy atom. The highest BCUT2D eigenvalue weighted by Crippen LogP contribution is 2.23. The van der Waals surface area contributed by atoms with Gasteiger partial charge in [-0.2, -0.15) is 0 Å². The van der Waals surface area contributed by atoms with Crippen LogP contribution in [0.25, 0.3) is 0 Å². The molecule has 2 rings (SSSR count). The van der Waals surface area contributed by atoms with E-state index in [-0.39, 0.29) is 6.10 Å². The number of hydrogen-bond acceptors (Lipinski definition) is 3. The largest absolute Gasteiger partial charge is 0.393 e. The zero-order chi connectivity index (χ0) is 11.4. The topological polar surface area (TPSA) is 50.1 Å². The van der Waals surface area contributed by atoms with Gasteiger partial charge in [0.25, 0.3) is 0 Å². The molecule has 4 heteroatoms. The van der Waals surface area contributed by atoms with E-state index in [1.54, 1.807) is 0 Å². The molecular formula is C12H21N3O. The van der Waals surface area contributed by atoms with Crippen LogP contribution in [-0.4, -0.2) is 27.3 Å². The number of nitrogens with zero attached hydrogens (tertiary/aromatic N) is 2. The minimum atomic E-state index is -0.104. The van der Waals surface area contributed by atoms with Gasteiger partial charge in [-0.25, -0.2) is 4.98 Å². The summed E-state index contributed by atoms with van der Waals surface area (Å²) >= 11 is 0. The van der Waals surface area contributed by atoms with Crippen LogP contribution < -0.4 is 5.32 Å². The molecule has 0 saturated heterocycles. The lowest BCUT2D eigenvalue weighted by Gasteiger charge is -2.27. The van der Waals surface area contributed by atoms with Gasteiger partial charge in [-0.05, 0) is 18.8 Å². The van der Waals surface area contributed by atoms with Crippen molar-refractivity contribution in [3.8, 4) is 0 Å². The van der Waals surface area contributed by atoms with Gasteiger partial charge in [0.1, 0.15) is 0 Å². The van der Waals surface area contributed by atoms with E-state index in [1.807, 2.05) is 24.1 Å². The molecule has 1 aromatic heterocycles. The number of hydrogen-bond donors (Lipinski definition) is 2. The first-order valence-electron chi connectivity index (χ1n) is 6.11.